The Morgan fingerprint density at radius 3 is 2.65 bits per heavy atom. The van der Waals surface area contributed by atoms with Crippen molar-refractivity contribution in [3.8, 4) is 0 Å². The van der Waals surface area contributed by atoms with Gasteiger partial charge in [0.1, 0.15) is 11.2 Å². The summed E-state index contributed by atoms with van der Waals surface area (Å²) in [6.07, 6.45) is 6.08. The van der Waals surface area contributed by atoms with E-state index in [1.54, 1.807) is 17.2 Å². The van der Waals surface area contributed by atoms with Gasteiger partial charge in [-0.15, -0.1) is 0 Å². The van der Waals surface area contributed by atoms with Gasteiger partial charge >= 0.3 is 0 Å². The molecule has 1 aromatic carbocycles. The van der Waals surface area contributed by atoms with Gasteiger partial charge in [-0.3, -0.25) is 14.5 Å². The number of furan rings is 1. The predicted octanol–water partition coefficient (Wildman–Crippen LogP) is 4.66. The van der Waals surface area contributed by atoms with Crippen molar-refractivity contribution in [1.29, 1.82) is 0 Å². The molecule has 1 aliphatic carbocycles. The molecule has 31 heavy (non-hydrogen) atoms. The molecule has 2 aliphatic rings. The van der Waals surface area contributed by atoms with Gasteiger partial charge in [-0.05, 0) is 44.7 Å². The molecule has 1 N–H and O–H groups in total. The van der Waals surface area contributed by atoms with Crippen molar-refractivity contribution in [2.45, 2.75) is 64.6 Å². The van der Waals surface area contributed by atoms with E-state index in [4.69, 9.17) is 4.42 Å². The van der Waals surface area contributed by atoms with Crippen LogP contribution in [0.3, 0.4) is 0 Å². The molecule has 3 heterocycles. The smallest absolute Gasteiger partial charge is 0.276 e. The molecule has 0 saturated heterocycles. The van der Waals surface area contributed by atoms with Crippen molar-refractivity contribution in [3.63, 3.8) is 0 Å². The zero-order valence-corrected chi connectivity index (χ0v) is 18.4. The second kappa shape index (κ2) is 7.29. The van der Waals surface area contributed by atoms with E-state index in [1.165, 1.54) is 6.42 Å². The molecule has 2 aromatic heterocycles. The lowest BCUT2D eigenvalue weighted by Gasteiger charge is -2.45. The van der Waals surface area contributed by atoms with Crippen LogP contribution in [0.1, 0.15) is 55.6 Å². The molecular weight excluding hydrogens is 390 g/mol. The van der Waals surface area contributed by atoms with Crippen molar-refractivity contribution < 1.29 is 14.0 Å². The number of benzene rings is 1. The second-order valence-electron chi connectivity index (χ2n) is 9.38. The zero-order chi connectivity index (χ0) is 21.8. The lowest BCUT2D eigenvalue weighted by molar-refractivity contribution is -0.127. The maximum absolute atomic E-state index is 13.8. The molecule has 1 saturated carbocycles. The molecule has 0 bridgehead atoms. The Morgan fingerprint density at radius 1 is 1.16 bits per heavy atom. The lowest BCUT2D eigenvalue weighted by atomic mass is 9.84. The summed E-state index contributed by atoms with van der Waals surface area (Å²) >= 11 is 0. The average molecular weight is 420 g/mol. The Bertz CT molecular complexity index is 1140. The number of carbonyl (C=O) groups is 2. The normalized spacial score (nSPS) is 26.2. The van der Waals surface area contributed by atoms with Gasteiger partial charge in [0.2, 0.25) is 5.91 Å². The molecule has 3 aromatic rings. The van der Waals surface area contributed by atoms with Gasteiger partial charge < -0.3 is 14.3 Å². The number of nitrogens with one attached hydrogen (secondary N) is 1. The Morgan fingerprint density at radius 2 is 1.90 bits per heavy atom. The van der Waals surface area contributed by atoms with E-state index in [-0.39, 0.29) is 17.9 Å². The fourth-order valence-corrected chi connectivity index (χ4v) is 5.17. The summed E-state index contributed by atoms with van der Waals surface area (Å²) in [5.41, 5.74) is 2.84. The van der Waals surface area contributed by atoms with E-state index in [0.717, 1.165) is 36.0 Å². The third kappa shape index (κ3) is 3.16. The van der Waals surface area contributed by atoms with Crippen molar-refractivity contribution >= 4 is 28.6 Å². The van der Waals surface area contributed by atoms with Crippen molar-refractivity contribution in [3.05, 3.63) is 53.9 Å². The number of carbonyl (C=O) groups excluding carboxylic acids is 2. The summed E-state index contributed by atoms with van der Waals surface area (Å²) in [5, 5.41) is 3.31. The van der Waals surface area contributed by atoms with Gasteiger partial charge in [0.25, 0.3) is 5.91 Å². The number of nitrogens with zero attached hydrogens (tertiary/aromatic N) is 2. The summed E-state index contributed by atoms with van der Waals surface area (Å²) < 4.78 is 7.47. The highest BCUT2D eigenvalue weighted by Gasteiger charge is 2.49. The van der Waals surface area contributed by atoms with Crippen LogP contribution in [-0.4, -0.2) is 28.0 Å². The molecular formula is C25H29N3O3. The Kier molecular flexibility index (Phi) is 4.68. The molecule has 1 aliphatic heterocycles. The minimum Gasteiger partial charge on any atom is -0.463 e. The Balaban J connectivity index is 1.59. The third-order valence-corrected chi connectivity index (χ3v) is 7.11. The Labute approximate surface area is 182 Å². The van der Waals surface area contributed by atoms with Crippen LogP contribution < -0.4 is 10.2 Å². The van der Waals surface area contributed by atoms with Gasteiger partial charge in [-0.2, -0.15) is 0 Å². The fraction of sp³-hybridized carbons (Fsp3) is 0.440. The predicted molar refractivity (Wildman–Crippen MR) is 120 cm³/mol. The summed E-state index contributed by atoms with van der Waals surface area (Å²) in [6, 6.07) is 11.6. The van der Waals surface area contributed by atoms with E-state index in [9.17, 15) is 9.59 Å². The number of fused-ring (bicyclic) bond motifs is 3. The van der Waals surface area contributed by atoms with Crippen LogP contribution in [0.4, 0.5) is 5.69 Å². The van der Waals surface area contributed by atoms with E-state index < -0.39 is 5.54 Å². The first-order valence-electron chi connectivity index (χ1n) is 11.2. The Hall–Kier alpha value is -3.02. The van der Waals surface area contributed by atoms with Gasteiger partial charge in [0.05, 0.1) is 18.3 Å². The first-order chi connectivity index (χ1) is 14.9. The molecule has 162 valence electrons. The highest BCUT2D eigenvalue weighted by molar-refractivity contribution is 6.13. The number of aromatic nitrogens is 1. The number of amides is 2. The van der Waals surface area contributed by atoms with Crippen LogP contribution in [0.15, 0.2) is 47.1 Å². The average Bonchev–Trinajstić information content (AvgIpc) is 3.33. The van der Waals surface area contributed by atoms with Crippen LogP contribution in [0.5, 0.6) is 0 Å². The van der Waals surface area contributed by atoms with Crippen molar-refractivity contribution in [2.24, 2.45) is 5.92 Å². The number of hydrogen-bond donors (Lipinski definition) is 1. The largest absolute Gasteiger partial charge is 0.463 e. The van der Waals surface area contributed by atoms with Gasteiger partial charge in [0, 0.05) is 23.9 Å². The summed E-state index contributed by atoms with van der Waals surface area (Å²) in [7, 11) is 0. The maximum Gasteiger partial charge on any atom is 0.276 e. The summed E-state index contributed by atoms with van der Waals surface area (Å²) in [4.78, 5) is 29.2. The molecule has 2 amide bonds. The molecule has 6 heteroatoms. The maximum atomic E-state index is 13.8. The topological polar surface area (TPSA) is 67.5 Å². The highest BCUT2D eigenvalue weighted by atomic mass is 16.3. The van der Waals surface area contributed by atoms with Gasteiger partial charge in [-0.25, -0.2) is 0 Å². The molecule has 1 fully saturated rings. The minimum atomic E-state index is -1.06. The molecule has 3 atom stereocenters. The summed E-state index contributed by atoms with van der Waals surface area (Å²) in [5.74, 6) is 0.156. The first kappa shape index (κ1) is 19.9. The SMILES string of the molecule is Cc1ccc(N2C(=O)c3cc4occc4n3C[C@]2(C)C(=O)N[C@@H]2CCCC[C@H]2C)cc1. The fourth-order valence-electron chi connectivity index (χ4n) is 5.17. The highest BCUT2D eigenvalue weighted by Crippen LogP contribution is 2.37. The monoisotopic (exact) mass is 419 g/mol. The molecule has 0 unspecified atom stereocenters. The number of aryl methyl sites for hydroxylation is 1. The zero-order valence-electron chi connectivity index (χ0n) is 18.4. The summed E-state index contributed by atoms with van der Waals surface area (Å²) in [6.45, 7) is 6.47. The first-order valence-corrected chi connectivity index (χ1v) is 11.2. The van der Waals surface area contributed by atoms with Crippen LogP contribution in [-0.2, 0) is 11.3 Å². The van der Waals surface area contributed by atoms with Crippen molar-refractivity contribution in [1.82, 2.24) is 9.88 Å². The van der Waals surface area contributed by atoms with Crippen molar-refractivity contribution in [2.75, 3.05) is 4.90 Å². The molecule has 0 spiro atoms. The van der Waals surface area contributed by atoms with Crippen LogP contribution in [0, 0.1) is 12.8 Å². The molecule has 6 nitrogen and oxygen atoms in total. The third-order valence-electron chi connectivity index (χ3n) is 7.11. The number of anilines is 1. The standard InChI is InChI=1S/C25H29N3O3/c1-16-8-10-18(11-9-16)28-23(29)21-14-22-20(12-13-31-22)27(21)15-25(28,3)24(30)26-19-7-5-4-6-17(19)2/h8-14,17,19H,4-7,15H2,1-3H3,(H,26,30)/t17-,19-,25-/m1/s1. The minimum absolute atomic E-state index is 0.101. The van der Waals surface area contributed by atoms with E-state index in [0.29, 0.717) is 23.7 Å². The quantitative estimate of drug-likeness (QED) is 0.672. The van der Waals surface area contributed by atoms with E-state index in [1.807, 2.05) is 48.7 Å². The van der Waals surface area contributed by atoms with Gasteiger partial charge in [0.15, 0.2) is 5.58 Å². The van der Waals surface area contributed by atoms with E-state index >= 15 is 0 Å². The van der Waals surface area contributed by atoms with Gasteiger partial charge in [-0.1, -0.05) is 37.5 Å². The molecule has 0 radical (unpaired) electrons. The van der Waals surface area contributed by atoms with Crippen LogP contribution in [0.25, 0.3) is 11.1 Å². The number of hydrogen-bond acceptors (Lipinski definition) is 3. The van der Waals surface area contributed by atoms with Crippen LogP contribution >= 0.6 is 0 Å². The lowest BCUT2D eigenvalue weighted by Crippen LogP contribution is -2.65. The van der Waals surface area contributed by atoms with E-state index in [2.05, 4.69) is 12.2 Å². The number of rotatable bonds is 3. The molecule has 5 rings (SSSR count). The second-order valence-corrected chi connectivity index (χ2v) is 9.38. The van der Waals surface area contributed by atoms with Crippen LogP contribution in [0.2, 0.25) is 0 Å².